The lowest BCUT2D eigenvalue weighted by Crippen LogP contribution is -2.59. The molecule has 2 heterocycles. The van der Waals surface area contributed by atoms with Gasteiger partial charge in [0.05, 0.1) is 31.1 Å². The van der Waals surface area contributed by atoms with Gasteiger partial charge in [-0.1, -0.05) is 36.9 Å². The van der Waals surface area contributed by atoms with Crippen LogP contribution in [0.3, 0.4) is 0 Å². The van der Waals surface area contributed by atoms with E-state index in [4.69, 9.17) is 9.72 Å². The normalized spacial score (nSPS) is 16.0. The van der Waals surface area contributed by atoms with E-state index in [0.29, 0.717) is 24.9 Å². The average Bonchev–Trinajstić information content (AvgIpc) is 2.78. The number of ether oxygens (including phenoxy) is 1. The second-order valence-electron chi connectivity index (χ2n) is 7.95. The first-order chi connectivity index (χ1) is 15.4. The van der Waals surface area contributed by atoms with Crippen LogP contribution in [-0.2, 0) is 4.74 Å². The molecule has 0 radical (unpaired) electrons. The van der Waals surface area contributed by atoms with E-state index in [9.17, 15) is 5.11 Å². The van der Waals surface area contributed by atoms with Crippen LogP contribution in [0.4, 0.5) is 5.82 Å². The molecule has 1 aliphatic rings. The van der Waals surface area contributed by atoms with Crippen molar-refractivity contribution in [3.63, 3.8) is 0 Å². The van der Waals surface area contributed by atoms with Crippen molar-refractivity contribution in [2.45, 2.75) is 12.5 Å². The number of anilines is 1. The molecule has 1 fully saturated rings. The van der Waals surface area contributed by atoms with Crippen LogP contribution < -0.4 is 5.32 Å². The van der Waals surface area contributed by atoms with Gasteiger partial charge in [-0.05, 0) is 30.2 Å². The van der Waals surface area contributed by atoms with Gasteiger partial charge in [-0.25, -0.2) is 9.97 Å². The van der Waals surface area contributed by atoms with E-state index in [1.165, 1.54) is 0 Å². The van der Waals surface area contributed by atoms with Gasteiger partial charge in [-0.15, -0.1) is 0 Å². The summed E-state index contributed by atoms with van der Waals surface area (Å²) in [7, 11) is 5.69. The molecule has 1 aliphatic heterocycles. The van der Waals surface area contributed by atoms with Crippen molar-refractivity contribution in [2.24, 2.45) is 4.99 Å². The Morgan fingerprint density at radius 3 is 2.72 bits per heavy atom. The summed E-state index contributed by atoms with van der Waals surface area (Å²) in [6.07, 6.45) is 9.46. The lowest BCUT2D eigenvalue weighted by atomic mass is 9.98. The summed E-state index contributed by atoms with van der Waals surface area (Å²) >= 11 is 0. The van der Waals surface area contributed by atoms with Crippen molar-refractivity contribution in [1.29, 1.82) is 0 Å². The number of nitrogens with zero attached hydrogens (tertiary/aromatic N) is 4. The van der Waals surface area contributed by atoms with Crippen molar-refractivity contribution in [3.05, 3.63) is 72.6 Å². The van der Waals surface area contributed by atoms with Crippen molar-refractivity contribution >= 4 is 17.1 Å². The molecule has 7 nitrogen and oxygen atoms in total. The van der Waals surface area contributed by atoms with E-state index in [1.54, 1.807) is 13.2 Å². The molecule has 168 valence electrons. The average molecular weight is 434 g/mol. The molecule has 0 atom stereocenters. The molecule has 2 aromatic rings. The zero-order valence-electron chi connectivity index (χ0n) is 19.2. The van der Waals surface area contributed by atoms with Crippen LogP contribution in [0, 0.1) is 0 Å². The molecule has 0 unspecified atom stereocenters. The maximum Gasteiger partial charge on any atom is 0.161 e. The first-order valence-corrected chi connectivity index (χ1v) is 10.5. The summed E-state index contributed by atoms with van der Waals surface area (Å²) in [4.78, 5) is 15.8. The van der Waals surface area contributed by atoms with Crippen molar-refractivity contribution in [1.82, 2.24) is 14.9 Å². The molecule has 1 aromatic carbocycles. The van der Waals surface area contributed by atoms with Gasteiger partial charge >= 0.3 is 0 Å². The fourth-order valence-corrected chi connectivity index (χ4v) is 3.41. The third-order valence-corrected chi connectivity index (χ3v) is 5.14. The number of aromatic nitrogens is 2. The van der Waals surface area contributed by atoms with Crippen molar-refractivity contribution in [2.75, 3.05) is 46.3 Å². The summed E-state index contributed by atoms with van der Waals surface area (Å²) in [6, 6.07) is 8.04. The van der Waals surface area contributed by atoms with Gasteiger partial charge in [-0.2, -0.15) is 0 Å². The quantitative estimate of drug-likeness (QED) is 0.466. The molecule has 32 heavy (non-hydrogen) atoms. The largest absolute Gasteiger partial charge is 0.394 e. The van der Waals surface area contributed by atoms with E-state index in [1.807, 2.05) is 74.6 Å². The third kappa shape index (κ3) is 5.12. The molecule has 0 spiro atoms. The monoisotopic (exact) mass is 433 g/mol. The Kier molecular flexibility index (Phi) is 7.56. The molecule has 0 aliphatic carbocycles. The molecular weight excluding hydrogens is 402 g/mol. The summed E-state index contributed by atoms with van der Waals surface area (Å²) in [6.45, 7) is 6.65. The van der Waals surface area contributed by atoms with Crippen molar-refractivity contribution in [3.8, 4) is 11.4 Å². The summed E-state index contributed by atoms with van der Waals surface area (Å²) in [5.74, 6) is 1.19. The van der Waals surface area contributed by atoms with Gasteiger partial charge in [0.2, 0.25) is 0 Å². The lowest BCUT2D eigenvalue weighted by Gasteiger charge is -2.41. The topological polar surface area (TPSA) is 82.9 Å². The molecule has 1 saturated heterocycles. The number of nitrogens with one attached hydrogen (secondary N) is 1. The first-order valence-electron chi connectivity index (χ1n) is 10.5. The lowest BCUT2D eigenvalue weighted by molar-refractivity contribution is -0.0651. The van der Waals surface area contributed by atoms with E-state index in [2.05, 4.69) is 21.9 Å². The Labute approximate surface area is 189 Å². The highest BCUT2D eigenvalue weighted by Gasteiger charge is 2.39. The Morgan fingerprint density at radius 2 is 2.16 bits per heavy atom. The van der Waals surface area contributed by atoms with Crippen LogP contribution in [0.1, 0.15) is 18.1 Å². The SMILES string of the molecule is C=C/C(=C\N(C)C)c1cccc(-c2ncc(C(/C=C\C)=N/C)c(NC3(CO)COC3)n2)c1. The fraction of sp³-hybridized carbons (Fsp3) is 0.320. The van der Waals surface area contributed by atoms with E-state index >= 15 is 0 Å². The molecule has 7 heteroatoms. The number of benzene rings is 1. The van der Waals surface area contributed by atoms with Gasteiger partial charge in [0.25, 0.3) is 0 Å². The Morgan fingerprint density at radius 1 is 1.38 bits per heavy atom. The highest BCUT2D eigenvalue weighted by Crippen LogP contribution is 2.28. The van der Waals surface area contributed by atoms with Gasteiger partial charge in [0, 0.05) is 39.1 Å². The van der Waals surface area contributed by atoms with Crippen molar-refractivity contribution < 1.29 is 9.84 Å². The molecule has 0 amide bonds. The first kappa shape index (κ1) is 23.4. The number of aliphatic imine (C=N–C) groups is 1. The predicted molar refractivity (Wildman–Crippen MR) is 131 cm³/mol. The van der Waals surface area contributed by atoms with E-state index < -0.39 is 5.54 Å². The fourth-order valence-electron chi connectivity index (χ4n) is 3.41. The molecule has 1 aromatic heterocycles. The predicted octanol–water partition coefficient (Wildman–Crippen LogP) is 3.40. The minimum atomic E-state index is -0.554. The molecule has 3 rings (SSSR count). The van der Waals surface area contributed by atoms with Crippen LogP contribution in [0.2, 0.25) is 0 Å². The van der Waals surface area contributed by atoms with Crippen LogP contribution >= 0.6 is 0 Å². The molecular formula is C25H31N5O2. The summed E-state index contributed by atoms with van der Waals surface area (Å²) in [5, 5.41) is 13.3. The second kappa shape index (κ2) is 10.3. The number of rotatable bonds is 9. The Hall–Kier alpha value is -3.29. The smallest absolute Gasteiger partial charge is 0.161 e. The Bertz CT molecular complexity index is 1050. The van der Waals surface area contributed by atoms with Crippen LogP contribution in [0.15, 0.2) is 66.5 Å². The summed E-state index contributed by atoms with van der Waals surface area (Å²) in [5.41, 5.74) is 3.88. The number of aliphatic hydroxyl groups is 1. The van der Waals surface area contributed by atoms with Gasteiger partial charge in [0.15, 0.2) is 5.82 Å². The molecule has 2 N–H and O–H groups in total. The number of hydrogen-bond acceptors (Lipinski definition) is 7. The van der Waals surface area contributed by atoms with Gasteiger partial charge in [-0.3, -0.25) is 4.99 Å². The van der Waals surface area contributed by atoms with Crippen LogP contribution in [0.5, 0.6) is 0 Å². The van der Waals surface area contributed by atoms with Gasteiger partial charge in [0.1, 0.15) is 11.4 Å². The standard InChI is InChI=1S/C25H31N5O2/c1-6-9-22(26-3)21-13-27-23(28-24(21)29-25(15-31)16-32-17-25)20-11-8-10-19(12-20)18(7-2)14-30(4)5/h6-14,31H,2,15-17H2,1,3-5H3,(H,27,28,29)/b9-6-,18-14+,26-22+. The van der Waals surface area contributed by atoms with E-state index in [-0.39, 0.29) is 6.61 Å². The second-order valence-corrected chi connectivity index (χ2v) is 7.95. The zero-order chi connectivity index (χ0) is 23.1. The van der Waals surface area contributed by atoms with Crippen LogP contribution in [0.25, 0.3) is 17.0 Å². The summed E-state index contributed by atoms with van der Waals surface area (Å²) < 4.78 is 5.35. The highest BCUT2D eigenvalue weighted by molar-refractivity contribution is 6.11. The van der Waals surface area contributed by atoms with Gasteiger partial charge < -0.3 is 20.1 Å². The third-order valence-electron chi connectivity index (χ3n) is 5.14. The van der Waals surface area contributed by atoms with Crippen LogP contribution in [-0.4, -0.2) is 72.2 Å². The zero-order valence-corrected chi connectivity index (χ0v) is 19.2. The number of aliphatic hydroxyl groups excluding tert-OH is 1. The minimum absolute atomic E-state index is 0.0541. The minimum Gasteiger partial charge on any atom is -0.394 e. The van der Waals surface area contributed by atoms with E-state index in [0.717, 1.165) is 28.0 Å². The maximum absolute atomic E-state index is 9.92. The number of allylic oxidation sites excluding steroid dienone is 4. The maximum atomic E-state index is 9.92. The number of hydrogen-bond donors (Lipinski definition) is 2. The Balaban J connectivity index is 2.07. The highest BCUT2D eigenvalue weighted by atomic mass is 16.5. The molecule has 0 saturated carbocycles. The molecule has 0 bridgehead atoms.